The van der Waals surface area contributed by atoms with E-state index in [4.69, 9.17) is 14.2 Å². The van der Waals surface area contributed by atoms with E-state index in [1.54, 1.807) is 0 Å². The highest BCUT2D eigenvalue weighted by atomic mass is 16.6. The summed E-state index contributed by atoms with van der Waals surface area (Å²) in [5.41, 5.74) is 0. The van der Waals surface area contributed by atoms with Crippen LogP contribution in [-0.2, 0) is 28.6 Å². The minimum Gasteiger partial charge on any atom is -0.462 e. The summed E-state index contributed by atoms with van der Waals surface area (Å²) >= 11 is 0. The minimum atomic E-state index is -0.763. The summed E-state index contributed by atoms with van der Waals surface area (Å²) in [5, 5.41) is 0. The average Bonchev–Trinajstić information content (AvgIpc) is 3.23. The fraction of sp³-hybridized carbons (Fsp3) is 0.946. The van der Waals surface area contributed by atoms with Crippen LogP contribution in [0.15, 0.2) is 0 Å². The molecule has 0 amide bonds. The molecular formula is C56H108O6. The smallest absolute Gasteiger partial charge is 0.306 e. The van der Waals surface area contributed by atoms with E-state index in [1.807, 2.05) is 0 Å². The van der Waals surface area contributed by atoms with Crippen molar-refractivity contribution in [2.75, 3.05) is 13.2 Å². The van der Waals surface area contributed by atoms with Gasteiger partial charge in [-0.2, -0.15) is 0 Å². The average molecular weight is 877 g/mol. The van der Waals surface area contributed by atoms with E-state index >= 15 is 0 Å². The number of ether oxygens (including phenoxy) is 3. The first kappa shape index (κ1) is 60.4. The van der Waals surface area contributed by atoms with E-state index in [0.717, 1.165) is 75.5 Å². The van der Waals surface area contributed by atoms with Gasteiger partial charge in [-0.1, -0.05) is 266 Å². The molecule has 0 N–H and O–H groups in total. The van der Waals surface area contributed by atoms with Gasteiger partial charge in [0, 0.05) is 19.3 Å². The first-order chi connectivity index (χ1) is 30.1. The minimum absolute atomic E-state index is 0.0646. The van der Waals surface area contributed by atoms with Crippen LogP contribution < -0.4 is 0 Å². The molecule has 0 saturated heterocycles. The van der Waals surface area contributed by atoms with E-state index in [2.05, 4.69) is 41.5 Å². The predicted molar refractivity (Wildman–Crippen MR) is 266 cm³/mol. The van der Waals surface area contributed by atoms with Crippen molar-refractivity contribution in [1.82, 2.24) is 0 Å². The molecule has 6 nitrogen and oxygen atoms in total. The third kappa shape index (κ3) is 49.4. The van der Waals surface area contributed by atoms with Crippen molar-refractivity contribution in [3.05, 3.63) is 0 Å². The second-order valence-electron chi connectivity index (χ2n) is 20.6. The van der Waals surface area contributed by atoms with Crippen molar-refractivity contribution < 1.29 is 28.6 Å². The Hall–Kier alpha value is -1.59. The summed E-state index contributed by atoms with van der Waals surface area (Å²) in [6, 6.07) is 0. The molecule has 0 spiro atoms. The SMILES string of the molecule is CC(C)CCCCCCCCCCCCCCCCCCCCC(=O)OC[C@H](COC(=O)CCCCCCCCCCC(C)C)OC(=O)CCCCCCCCCCCC(C)C. The lowest BCUT2D eigenvalue weighted by Crippen LogP contribution is -2.30. The summed E-state index contributed by atoms with van der Waals surface area (Å²) in [6.45, 7) is 13.7. The molecule has 0 aromatic carbocycles. The van der Waals surface area contributed by atoms with Gasteiger partial charge in [-0.05, 0) is 37.0 Å². The monoisotopic (exact) mass is 877 g/mol. The highest BCUT2D eigenvalue weighted by Gasteiger charge is 2.19. The lowest BCUT2D eigenvalue weighted by molar-refractivity contribution is -0.167. The van der Waals surface area contributed by atoms with Crippen LogP contribution in [0, 0.1) is 17.8 Å². The van der Waals surface area contributed by atoms with Gasteiger partial charge in [0.05, 0.1) is 0 Å². The van der Waals surface area contributed by atoms with Crippen LogP contribution in [0.25, 0.3) is 0 Å². The fourth-order valence-electron chi connectivity index (χ4n) is 8.47. The molecule has 0 saturated carbocycles. The van der Waals surface area contributed by atoms with Crippen molar-refractivity contribution in [3.63, 3.8) is 0 Å². The third-order valence-electron chi connectivity index (χ3n) is 12.6. The van der Waals surface area contributed by atoms with Gasteiger partial charge in [0.15, 0.2) is 6.10 Å². The molecule has 0 bridgehead atoms. The summed E-state index contributed by atoms with van der Waals surface area (Å²) in [7, 11) is 0. The Balaban J connectivity index is 4.21. The lowest BCUT2D eigenvalue weighted by Gasteiger charge is -2.18. The molecule has 1 atom stereocenters. The summed E-state index contributed by atoms with van der Waals surface area (Å²) in [4.78, 5) is 38.0. The lowest BCUT2D eigenvalue weighted by atomic mass is 10.0. The zero-order valence-electron chi connectivity index (χ0n) is 42.7. The van der Waals surface area contributed by atoms with E-state index in [1.165, 1.54) is 186 Å². The largest absolute Gasteiger partial charge is 0.462 e. The highest BCUT2D eigenvalue weighted by Crippen LogP contribution is 2.18. The molecule has 0 fully saturated rings. The van der Waals surface area contributed by atoms with E-state index in [9.17, 15) is 14.4 Å². The molecule has 0 aliphatic rings. The molecule has 0 heterocycles. The molecule has 0 aromatic heterocycles. The summed E-state index contributed by atoms with van der Waals surface area (Å²) in [5.74, 6) is 1.61. The molecule has 0 rings (SSSR count). The number of rotatable bonds is 49. The predicted octanol–water partition coefficient (Wildman–Crippen LogP) is 17.9. The van der Waals surface area contributed by atoms with Crippen LogP contribution >= 0.6 is 0 Å². The Morgan fingerprint density at radius 2 is 0.468 bits per heavy atom. The van der Waals surface area contributed by atoms with Gasteiger partial charge >= 0.3 is 17.9 Å². The van der Waals surface area contributed by atoms with Crippen LogP contribution in [0.1, 0.15) is 305 Å². The Bertz CT molecular complexity index is 960. The molecule has 62 heavy (non-hydrogen) atoms. The van der Waals surface area contributed by atoms with Crippen molar-refractivity contribution in [3.8, 4) is 0 Å². The van der Waals surface area contributed by atoms with Gasteiger partial charge < -0.3 is 14.2 Å². The molecule has 0 aliphatic carbocycles. The first-order valence-electron chi connectivity index (χ1n) is 27.6. The first-order valence-corrected chi connectivity index (χ1v) is 27.6. The Morgan fingerprint density at radius 3 is 0.694 bits per heavy atom. The second-order valence-corrected chi connectivity index (χ2v) is 20.6. The maximum atomic E-state index is 12.8. The quantitative estimate of drug-likeness (QED) is 0.0344. The molecule has 368 valence electrons. The van der Waals surface area contributed by atoms with Crippen LogP contribution in [0.3, 0.4) is 0 Å². The van der Waals surface area contributed by atoms with Crippen molar-refractivity contribution in [2.45, 2.75) is 311 Å². The Labute approximate surface area is 387 Å². The van der Waals surface area contributed by atoms with Gasteiger partial charge in [-0.3, -0.25) is 14.4 Å². The van der Waals surface area contributed by atoms with Crippen molar-refractivity contribution in [2.24, 2.45) is 17.8 Å². The van der Waals surface area contributed by atoms with Crippen LogP contribution in [0.2, 0.25) is 0 Å². The van der Waals surface area contributed by atoms with Crippen LogP contribution in [-0.4, -0.2) is 37.2 Å². The number of unbranched alkanes of at least 4 members (excludes halogenated alkanes) is 32. The van der Waals surface area contributed by atoms with Gasteiger partial charge in [0.2, 0.25) is 0 Å². The van der Waals surface area contributed by atoms with Gasteiger partial charge in [0.25, 0.3) is 0 Å². The van der Waals surface area contributed by atoms with Crippen molar-refractivity contribution >= 4 is 17.9 Å². The molecule has 0 unspecified atom stereocenters. The van der Waals surface area contributed by atoms with Gasteiger partial charge in [-0.15, -0.1) is 0 Å². The molecule has 6 heteroatoms. The number of hydrogen-bond donors (Lipinski definition) is 0. The molecule has 0 aliphatic heterocycles. The van der Waals surface area contributed by atoms with Crippen LogP contribution in [0.4, 0.5) is 0 Å². The third-order valence-corrected chi connectivity index (χ3v) is 12.6. The van der Waals surface area contributed by atoms with E-state index < -0.39 is 6.10 Å². The Morgan fingerprint density at radius 1 is 0.274 bits per heavy atom. The standard InChI is InChI=1S/C56H108O6/c1-50(2)42-36-30-24-18-15-13-11-9-7-8-10-12-14-16-20-27-33-39-45-54(57)60-48-53(49-61-55(58)46-40-34-28-23-22-26-32-38-44-52(5)6)62-56(59)47-41-35-29-21-17-19-25-31-37-43-51(3)4/h50-53H,7-49H2,1-6H3/t53-/m1/s1. The number of carbonyl (C=O) groups excluding carboxylic acids is 3. The maximum absolute atomic E-state index is 12.8. The number of hydrogen-bond acceptors (Lipinski definition) is 6. The zero-order valence-corrected chi connectivity index (χ0v) is 42.7. The molecule has 0 aromatic rings. The zero-order chi connectivity index (χ0) is 45.6. The summed E-state index contributed by atoms with van der Waals surface area (Å²) in [6.07, 6.45) is 48.2. The molecule has 0 radical (unpaired) electrons. The normalized spacial score (nSPS) is 12.1. The molecular weight excluding hydrogens is 769 g/mol. The van der Waals surface area contributed by atoms with Crippen molar-refractivity contribution in [1.29, 1.82) is 0 Å². The number of carbonyl (C=O) groups is 3. The van der Waals surface area contributed by atoms with Gasteiger partial charge in [0.1, 0.15) is 13.2 Å². The fourth-order valence-corrected chi connectivity index (χ4v) is 8.47. The summed E-state index contributed by atoms with van der Waals surface area (Å²) < 4.78 is 16.8. The highest BCUT2D eigenvalue weighted by molar-refractivity contribution is 5.71. The Kier molecular flexibility index (Phi) is 46.2. The van der Waals surface area contributed by atoms with E-state index in [-0.39, 0.29) is 31.1 Å². The second kappa shape index (κ2) is 47.4. The topological polar surface area (TPSA) is 78.9 Å². The van der Waals surface area contributed by atoms with Crippen LogP contribution in [0.5, 0.6) is 0 Å². The maximum Gasteiger partial charge on any atom is 0.306 e. The van der Waals surface area contributed by atoms with Gasteiger partial charge in [-0.25, -0.2) is 0 Å². The van der Waals surface area contributed by atoms with E-state index in [0.29, 0.717) is 19.3 Å². The number of esters is 3.